The third-order valence-corrected chi connectivity index (χ3v) is 8.94. The molecule has 0 atom stereocenters. The maximum absolute atomic E-state index is 12.9. The van der Waals surface area contributed by atoms with Gasteiger partial charge in [0.05, 0.1) is 42.3 Å². The van der Waals surface area contributed by atoms with Crippen molar-refractivity contribution in [2.45, 2.75) is 19.3 Å². The number of nitrogens with zero attached hydrogens (tertiary/aromatic N) is 4. The predicted octanol–water partition coefficient (Wildman–Crippen LogP) is 6.84. The predicted molar refractivity (Wildman–Crippen MR) is 203 cm³/mol. The van der Waals surface area contributed by atoms with Crippen molar-refractivity contribution >= 4 is 34.1 Å². The van der Waals surface area contributed by atoms with Gasteiger partial charge in [-0.15, -0.1) is 6.42 Å². The zero-order valence-corrected chi connectivity index (χ0v) is 29.4. The smallest absolute Gasteiger partial charge is 0.253 e. The van der Waals surface area contributed by atoms with Gasteiger partial charge in [0.15, 0.2) is 5.78 Å². The van der Waals surface area contributed by atoms with Gasteiger partial charge in [-0.2, -0.15) is 0 Å². The highest BCUT2D eigenvalue weighted by atomic mass is 16.5. The molecule has 0 saturated carbocycles. The van der Waals surface area contributed by atoms with Gasteiger partial charge in [-0.3, -0.25) is 14.6 Å². The standard InChI is InChI=1S/C42H43N5O4/c1-5-22-50-24-25-51-23-21-47(4)42(49)32-14-8-29(9-15-32)37-28-35-17-16-33(26-38(35)43-37)34-18-19-36-39(27-34)45-41(44-36)31-12-10-30(11-13-31)40(48)7-6-20-46(2)3/h1,8-19,26-27H,6-7,20-25,28H2,2-4H3,(H,44,45). The van der Waals surface area contributed by atoms with Crippen LogP contribution in [-0.2, 0) is 15.9 Å². The van der Waals surface area contributed by atoms with E-state index in [-0.39, 0.29) is 18.3 Å². The monoisotopic (exact) mass is 681 g/mol. The summed E-state index contributed by atoms with van der Waals surface area (Å²) in [4.78, 5) is 42.5. The number of likely N-dealkylation sites (N-methyl/N-ethyl adjacent to an activating group) is 1. The van der Waals surface area contributed by atoms with Crippen LogP contribution in [0.5, 0.6) is 0 Å². The molecule has 1 aliphatic rings. The minimum atomic E-state index is -0.0626. The van der Waals surface area contributed by atoms with E-state index in [1.54, 1.807) is 11.9 Å². The molecule has 6 rings (SSSR count). The second-order valence-electron chi connectivity index (χ2n) is 13.0. The second-order valence-corrected chi connectivity index (χ2v) is 13.0. The number of nitrogens with one attached hydrogen (secondary N) is 1. The van der Waals surface area contributed by atoms with E-state index in [2.05, 4.69) is 46.1 Å². The lowest BCUT2D eigenvalue weighted by Gasteiger charge is -2.17. The molecule has 0 unspecified atom stereocenters. The highest BCUT2D eigenvalue weighted by Gasteiger charge is 2.19. The number of fused-ring (bicyclic) bond motifs is 2. The van der Waals surface area contributed by atoms with E-state index in [1.807, 2.05) is 68.7 Å². The summed E-state index contributed by atoms with van der Waals surface area (Å²) in [6.07, 6.45) is 7.27. The second kappa shape index (κ2) is 16.5. The van der Waals surface area contributed by atoms with E-state index >= 15 is 0 Å². The van der Waals surface area contributed by atoms with Crippen LogP contribution < -0.4 is 0 Å². The van der Waals surface area contributed by atoms with Crippen LogP contribution >= 0.6 is 0 Å². The van der Waals surface area contributed by atoms with Gasteiger partial charge < -0.3 is 24.3 Å². The number of Topliss-reactive ketones (excluding diaryl/α,β-unsaturated/α-hetero) is 1. The summed E-state index contributed by atoms with van der Waals surface area (Å²) < 4.78 is 10.7. The van der Waals surface area contributed by atoms with Crippen LogP contribution in [0.4, 0.5) is 5.69 Å². The fourth-order valence-electron chi connectivity index (χ4n) is 6.05. The molecule has 4 aromatic carbocycles. The molecular formula is C42H43N5O4. The number of aromatic nitrogens is 2. The Morgan fingerprint density at radius 1 is 0.804 bits per heavy atom. The number of imidazole rings is 1. The Morgan fingerprint density at radius 2 is 1.49 bits per heavy atom. The van der Waals surface area contributed by atoms with Gasteiger partial charge in [0.2, 0.25) is 0 Å². The largest absolute Gasteiger partial charge is 0.377 e. The number of carbonyl (C=O) groups excluding carboxylic acids is 2. The molecule has 5 aromatic rings. The van der Waals surface area contributed by atoms with Crippen LogP contribution in [-0.4, -0.2) is 97.8 Å². The number of hydrogen-bond acceptors (Lipinski definition) is 7. The molecule has 0 aliphatic carbocycles. The van der Waals surface area contributed by atoms with Gasteiger partial charge >= 0.3 is 0 Å². The maximum atomic E-state index is 12.9. The van der Waals surface area contributed by atoms with Crippen LogP contribution in [0.3, 0.4) is 0 Å². The van der Waals surface area contributed by atoms with E-state index in [0.717, 1.165) is 75.5 Å². The molecule has 0 saturated heterocycles. The average Bonchev–Trinajstić information content (AvgIpc) is 3.78. The van der Waals surface area contributed by atoms with Crippen molar-refractivity contribution in [2.75, 3.05) is 60.7 Å². The van der Waals surface area contributed by atoms with Crippen LogP contribution in [0.2, 0.25) is 0 Å². The highest BCUT2D eigenvalue weighted by molar-refractivity contribution is 6.07. The fourth-order valence-corrected chi connectivity index (χ4v) is 6.05. The molecular weight excluding hydrogens is 638 g/mol. The lowest BCUT2D eigenvalue weighted by Crippen LogP contribution is -2.30. The minimum Gasteiger partial charge on any atom is -0.377 e. The van der Waals surface area contributed by atoms with Crippen molar-refractivity contribution in [1.29, 1.82) is 0 Å². The van der Waals surface area contributed by atoms with Gasteiger partial charge in [-0.05, 0) is 79.6 Å². The molecule has 1 N–H and O–H groups in total. The van der Waals surface area contributed by atoms with Crippen LogP contribution in [0, 0.1) is 12.3 Å². The molecule has 51 heavy (non-hydrogen) atoms. The molecule has 0 fully saturated rings. The maximum Gasteiger partial charge on any atom is 0.253 e. The van der Waals surface area contributed by atoms with Crippen LogP contribution in [0.25, 0.3) is 33.5 Å². The summed E-state index contributed by atoms with van der Waals surface area (Å²) >= 11 is 0. The molecule has 260 valence electrons. The van der Waals surface area contributed by atoms with Crippen molar-refractivity contribution in [1.82, 2.24) is 19.8 Å². The Kier molecular flexibility index (Phi) is 11.5. The number of terminal acetylenes is 1. The Balaban J connectivity index is 1.08. The molecule has 2 heterocycles. The number of aromatic amines is 1. The van der Waals surface area contributed by atoms with Gasteiger partial charge in [0.1, 0.15) is 12.4 Å². The first kappa shape index (κ1) is 35.4. The quantitative estimate of drug-likeness (QED) is 0.0696. The first-order valence-corrected chi connectivity index (χ1v) is 17.2. The Morgan fingerprint density at radius 3 is 2.25 bits per heavy atom. The third-order valence-electron chi connectivity index (χ3n) is 8.94. The van der Waals surface area contributed by atoms with E-state index in [4.69, 9.17) is 25.9 Å². The van der Waals surface area contributed by atoms with Gasteiger partial charge in [0, 0.05) is 43.1 Å². The molecule has 1 aromatic heterocycles. The summed E-state index contributed by atoms with van der Waals surface area (Å²) in [5.74, 6) is 3.28. The van der Waals surface area contributed by atoms with E-state index in [1.165, 1.54) is 5.56 Å². The lowest BCUT2D eigenvalue weighted by atomic mass is 9.99. The minimum absolute atomic E-state index is 0.0626. The van der Waals surface area contributed by atoms with Crippen molar-refractivity contribution in [2.24, 2.45) is 4.99 Å². The van der Waals surface area contributed by atoms with Crippen LogP contribution in [0.15, 0.2) is 89.9 Å². The Hall–Kier alpha value is -5.40. The number of ketones is 1. The number of ether oxygens (including phenoxy) is 2. The van der Waals surface area contributed by atoms with Crippen molar-refractivity contribution in [3.8, 4) is 34.9 Å². The SMILES string of the molecule is C#CCOCCOCCN(C)C(=O)c1ccc(C2=Nc3cc(-c4ccc5nc(-c6ccc(C(=O)CCCN(C)C)cc6)[nH]c5c4)ccc3C2)cc1. The van der Waals surface area contributed by atoms with E-state index < -0.39 is 0 Å². The lowest BCUT2D eigenvalue weighted by molar-refractivity contribution is 0.0472. The summed E-state index contributed by atoms with van der Waals surface area (Å²) in [6, 6.07) is 28.0. The normalized spacial score (nSPS) is 12.2. The molecule has 0 radical (unpaired) electrons. The number of hydrogen-bond donors (Lipinski definition) is 1. The molecule has 9 heteroatoms. The number of carbonyl (C=O) groups is 2. The topological polar surface area (TPSA) is 100 Å². The number of H-pyrrole nitrogens is 1. The van der Waals surface area contributed by atoms with Crippen molar-refractivity contribution in [3.63, 3.8) is 0 Å². The summed E-state index contributed by atoms with van der Waals surface area (Å²) in [5, 5.41) is 0. The van der Waals surface area contributed by atoms with Gasteiger partial charge in [0.25, 0.3) is 5.91 Å². The zero-order chi connectivity index (χ0) is 35.7. The van der Waals surface area contributed by atoms with E-state index in [0.29, 0.717) is 38.3 Å². The molecule has 1 amide bonds. The Bertz CT molecular complexity index is 2070. The number of benzene rings is 4. The number of amides is 1. The summed E-state index contributed by atoms with van der Waals surface area (Å²) in [6.45, 7) is 2.92. The average molecular weight is 682 g/mol. The van der Waals surface area contributed by atoms with E-state index in [9.17, 15) is 9.59 Å². The highest BCUT2D eigenvalue weighted by Crippen LogP contribution is 2.34. The third kappa shape index (κ3) is 8.86. The first-order chi connectivity index (χ1) is 24.8. The molecule has 0 spiro atoms. The summed E-state index contributed by atoms with van der Waals surface area (Å²) in [5.41, 5.74) is 10.3. The Labute approximate surface area is 299 Å². The van der Waals surface area contributed by atoms with Crippen molar-refractivity contribution < 1.29 is 19.1 Å². The molecule has 1 aliphatic heterocycles. The first-order valence-electron chi connectivity index (χ1n) is 17.2. The fraction of sp³-hybridized carbons (Fsp3) is 0.286. The summed E-state index contributed by atoms with van der Waals surface area (Å²) in [7, 11) is 5.80. The van der Waals surface area contributed by atoms with Gasteiger partial charge in [-0.25, -0.2) is 4.98 Å². The van der Waals surface area contributed by atoms with Crippen LogP contribution in [0.1, 0.15) is 44.7 Å². The van der Waals surface area contributed by atoms with Crippen molar-refractivity contribution in [3.05, 3.63) is 107 Å². The number of aliphatic imine (C=N–C) groups is 1. The number of rotatable bonds is 16. The molecule has 9 nitrogen and oxygen atoms in total. The molecule has 0 bridgehead atoms. The zero-order valence-electron chi connectivity index (χ0n) is 29.4. The van der Waals surface area contributed by atoms with Gasteiger partial charge in [-0.1, -0.05) is 60.5 Å².